The van der Waals surface area contributed by atoms with Crippen LogP contribution in [0.25, 0.3) is 0 Å². The molecule has 7 heteroatoms. The van der Waals surface area contributed by atoms with Gasteiger partial charge in [0.05, 0.1) is 12.2 Å². The number of rotatable bonds is 3. The Morgan fingerprint density at radius 1 is 1.42 bits per heavy atom. The van der Waals surface area contributed by atoms with Gasteiger partial charge in [-0.2, -0.15) is 0 Å². The summed E-state index contributed by atoms with van der Waals surface area (Å²) in [5, 5.41) is 0. The second kappa shape index (κ2) is 4.94. The second-order valence-corrected chi connectivity index (χ2v) is 5.20. The highest BCUT2D eigenvalue weighted by Gasteiger charge is 2.43. The first-order valence-electron chi connectivity index (χ1n) is 6.37. The van der Waals surface area contributed by atoms with E-state index in [9.17, 15) is 4.79 Å². The van der Waals surface area contributed by atoms with Crippen molar-refractivity contribution in [1.29, 1.82) is 0 Å². The fourth-order valence-electron chi connectivity index (χ4n) is 2.65. The third-order valence-electron chi connectivity index (χ3n) is 3.58. The van der Waals surface area contributed by atoms with Crippen molar-refractivity contribution in [3.05, 3.63) is 18.0 Å². The Hall–Kier alpha value is -1.40. The molecule has 0 radical (unpaired) electrons. The Morgan fingerprint density at radius 2 is 2.16 bits per heavy atom. The van der Waals surface area contributed by atoms with E-state index in [2.05, 4.69) is 14.9 Å². The van der Waals surface area contributed by atoms with Crippen LogP contribution in [0.3, 0.4) is 0 Å². The molecule has 3 heterocycles. The van der Waals surface area contributed by atoms with Crippen LogP contribution in [0.2, 0.25) is 0 Å². The average Bonchev–Trinajstić information content (AvgIpc) is 2.98. The molecule has 2 saturated heterocycles. The lowest BCUT2D eigenvalue weighted by molar-refractivity contribution is 0.0525. The number of piperazine rings is 1. The summed E-state index contributed by atoms with van der Waals surface area (Å²) in [6.07, 6.45) is 4.09. The van der Waals surface area contributed by atoms with E-state index < -0.39 is 0 Å². The molecule has 2 aliphatic rings. The number of ether oxygens (including phenoxy) is 1. The molecular weight excluding hydrogens is 268 g/mol. The molecular formula is C12H15ClN4O2. The van der Waals surface area contributed by atoms with Crippen LogP contribution in [0.5, 0.6) is 0 Å². The van der Waals surface area contributed by atoms with Gasteiger partial charge in [-0.05, 0) is 25.1 Å². The Kier molecular flexibility index (Phi) is 3.28. The highest BCUT2D eigenvalue weighted by Crippen LogP contribution is 2.33. The summed E-state index contributed by atoms with van der Waals surface area (Å²) in [4.78, 5) is 22.2. The molecule has 102 valence electrons. The van der Waals surface area contributed by atoms with Gasteiger partial charge in [-0.3, -0.25) is 0 Å². The number of fused-ring (bicyclic) bond motifs is 2. The van der Waals surface area contributed by atoms with Gasteiger partial charge in [-0.25, -0.2) is 19.2 Å². The normalized spacial score (nSPS) is 25.9. The fourth-order valence-corrected chi connectivity index (χ4v) is 2.95. The summed E-state index contributed by atoms with van der Waals surface area (Å²) in [6, 6.07) is 0.746. The molecule has 2 atom stereocenters. The maximum Gasteiger partial charge on any atom is 0.341 e. The van der Waals surface area contributed by atoms with Gasteiger partial charge in [0.25, 0.3) is 0 Å². The SMILES string of the molecule is CCOC(=O)c1cnc(N2CC3CC2CN3Cl)nc1. The minimum Gasteiger partial charge on any atom is -0.462 e. The van der Waals surface area contributed by atoms with Gasteiger partial charge in [0.15, 0.2) is 0 Å². The summed E-state index contributed by atoms with van der Waals surface area (Å²) in [5.74, 6) is 0.272. The van der Waals surface area contributed by atoms with Gasteiger partial charge in [0.1, 0.15) is 0 Å². The second-order valence-electron chi connectivity index (χ2n) is 4.77. The Morgan fingerprint density at radius 3 is 2.68 bits per heavy atom. The van der Waals surface area contributed by atoms with Crippen LogP contribution in [0, 0.1) is 0 Å². The Balaban J connectivity index is 1.72. The standard InChI is InChI=1S/C12H15ClN4O2/c1-2-19-11(18)8-4-14-12(15-5-8)16-6-10-3-9(16)7-17(10)13/h4-5,9-10H,2-3,6-7H2,1H3. The molecule has 2 bridgehead atoms. The average molecular weight is 283 g/mol. The van der Waals surface area contributed by atoms with Crippen LogP contribution in [0.4, 0.5) is 5.95 Å². The molecule has 1 aromatic heterocycles. The summed E-state index contributed by atoms with van der Waals surface area (Å²) in [5.41, 5.74) is 0.383. The van der Waals surface area contributed by atoms with Crippen molar-refractivity contribution in [2.45, 2.75) is 25.4 Å². The van der Waals surface area contributed by atoms with Crippen LogP contribution < -0.4 is 4.90 Å². The molecule has 0 spiro atoms. The lowest BCUT2D eigenvalue weighted by Crippen LogP contribution is -2.43. The summed E-state index contributed by atoms with van der Waals surface area (Å²) in [6.45, 7) is 3.79. The highest BCUT2D eigenvalue weighted by molar-refractivity contribution is 6.13. The highest BCUT2D eigenvalue weighted by atomic mass is 35.5. The maximum atomic E-state index is 11.5. The number of carbonyl (C=O) groups excluding carboxylic acids is 1. The van der Waals surface area contributed by atoms with Crippen molar-refractivity contribution in [2.24, 2.45) is 0 Å². The van der Waals surface area contributed by atoms with E-state index in [1.165, 1.54) is 12.4 Å². The lowest BCUT2D eigenvalue weighted by Gasteiger charge is -2.30. The molecule has 0 aliphatic carbocycles. The van der Waals surface area contributed by atoms with E-state index in [1.807, 2.05) is 4.42 Å². The molecule has 2 aliphatic heterocycles. The summed E-state index contributed by atoms with van der Waals surface area (Å²) in [7, 11) is 0. The van der Waals surface area contributed by atoms with Crippen LogP contribution in [0.1, 0.15) is 23.7 Å². The topological polar surface area (TPSA) is 58.6 Å². The molecule has 19 heavy (non-hydrogen) atoms. The molecule has 0 saturated carbocycles. The molecule has 6 nitrogen and oxygen atoms in total. The van der Waals surface area contributed by atoms with Crippen molar-refractivity contribution in [1.82, 2.24) is 14.4 Å². The zero-order chi connectivity index (χ0) is 13.4. The largest absolute Gasteiger partial charge is 0.462 e. The van der Waals surface area contributed by atoms with Gasteiger partial charge in [-0.15, -0.1) is 0 Å². The first kappa shape index (κ1) is 12.6. The number of hydrogen-bond acceptors (Lipinski definition) is 6. The van der Waals surface area contributed by atoms with Crippen molar-refractivity contribution < 1.29 is 9.53 Å². The van der Waals surface area contributed by atoms with E-state index in [-0.39, 0.29) is 5.97 Å². The number of hydrogen-bond donors (Lipinski definition) is 0. The third-order valence-corrected chi connectivity index (χ3v) is 3.99. The first-order chi connectivity index (χ1) is 9.19. The van der Waals surface area contributed by atoms with Crippen molar-refractivity contribution in [3.8, 4) is 0 Å². The molecule has 3 rings (SSSR count). The third kappa shape index (κ3) is 2.26. The zero-order valence-corrected chi connectivity index (χ0v) is 11.4. The van der Waals surface area contributed by atoms with Gasteiger partial charge in [0, 0.05) is 37.6 Å². The predicted molar refractivity (Wildman–Crippen MR) is 70.1 cm³/mol. The molecule has 0 aromatic carbocycles. The quantitative estimate of drug-likeness (QED) is 0.611. The first-order valence-corrected chi connectivity index (χ1v) is 6.71. The number of carbonyl (C=O) groups is 1. The predicted octanol–water partition coefficient (Wildman–Crippen LogP) is 1.07. The van der Waals surface area contributed by atoms with Gasteiger partial charge >= 0.3 is 5.97 Å². The molecule has 2 unspecified atom stereocenters. The Bertz CT molecular complexity index is 479. The zero-order valence-electron chi connectivity index (χ0n) is 10.6. The summed E-state index contributed by atoms with van der Waals surface area (Å²) >= 11 is 6.07. The number of esters is 1. The van der Waals surface area contributed by atoms with Gasteiger partial charge in [0.2, 0.25) is 5.95 Å². The Labute approximate surface area is 116 Å². The van der Waals surface area contributed by atoms with E-state index in [4.69, 9.17) is 16.5 Å². The van der Waals surface area contributed by atoms with E-state index in [0.29, 0.717) is 30.2 Å². The fraction of sp³-hybridized carbons (Fsp3) is 0.583. The van der Waals surface area contributed by atoms with Crippen molar-refractivity contribution >= 4 is 23.7 Å². The van der Waals surface area contributed by atoms with Crippen LogP contribution in [-0.4, -0.2) is 52.1 Å². The van der Waals surface area contributed by atoms with E-state index in [1.54, 1.807) is 6.92 Å². The maximum absolute atomic E-state index is 11.5. The minimum absolute atomic E-state index is 0.349. The molecule has 1 aromatic rings. The van der Waals surface area contributed by atoms with Crippen LogP contribution >= 0.6 is 11.8 Å². The molecule has 2 fully saturated rings. The lowest BCUT2D eigenvalue weighted by atomic mass is 10.2. The minimum atomic E-state index is -0.385. The van der Waals surface area contributed by atoms with Crippen LogP contribution in [-0.2, 0) is 4.74 Å². The van der Waals surface area contributed by atoms with Crippen LogP contribution in [0.15, 0.2) is 12.4 Å². The van der Waals surface area contributed by atoms with Gasteiger partial charge < -0.3 is 9.64 Å². The van der Waals surface area contributed by atoms with Crippen molar-refractivity contribution in [2.75, 3.05) is 24.6 Å². The van der Waals surface area contributed by atoms with E-state index in [0.717, 1.165) is 19.5 Å². The molecule has 0 amide bonds. The molecule has 0 N–H and O–H groups in total. The summed E-state index contributed by atoms with van der Waals surface area (Å²) < 4.78 is 6.76. The monoisotopic (exact) mass is 282 g/mol. The van der Waals surface area contributed by atoms with Crippen molar-refractivity contribution in [3.63, 3.8) is 0 Å². The number of aromatic nitrogens is 2. The number of nitrogens with zero attached hydrogens (tertiary/aromatic N) is 4. The van der Waals surface area contributed by atoms with Gasteiger partial charge in [-0.1, -0.05) is 0 Å². The van der Waals surface area contributed by atoms with E-state index >= 15 is 0 Å². The smallest absolute Gasteiger partial charge is 0.341 e. The number of anilines is 1. The number of halogens is 1.